The average Bonchev–Trinajstić information content (AvgIpc) is 2.87. The van der Waals surface area contributed by atoms with Crippen molar-refractivity contribution in [3.05, 3.63) is 48.0 Å². The molecule has 0 aliphatic heterocycles. The van der Waals surface area contributed by atoms with Crippen LogP contribution in [0.5, 0.6) is 0 Å². The Morgan fingerprint density at radius 1 is 1.08 bits per heavy atom. The van der Waals surface area contributed by atoms with E-state index in [9.17, 15) is 14.5 Å². The topological polar surface area (TPSA) is 108 Å². The summed E-state index contributed by atoms with van der Waals surface area (Å²) in [7, 11) is -4.20. The van der Waals surface area contributed by atoms with Crippen LogP contribution in [0.2, 0.25) is 0 Å². The Morgan fingerprint density at radius 3 is 2.50 bits per heavy atom. The third-order valence-electron chi connectivity index (χ3n) is 4.04. The van der Waals surface area contributed by atoms with Gasteiger partial charge < -0.3 is 19.3 Å². The second-order valence-corrected chi connectivity index (χ2v) is 7.62. The minimum Gasteiger partial charge on any atom is -0.481 e. The highest BCUT2D eigenvalue weighted by Gasteiger charge is 2.23. The molecule has 0 aliphatic rings. The van der Waals surface area contributed by atoms with Gasteiger partial charge in [0.25, 0.3) is 0 Å². The smallest absolute Gasteiger partial charge is 0.325 e. The first-order chi connectivity index (χ1) is 11.3. The Morgan fingerprint density at radius 2 is 1.79 bits per heavy atom. The molecule has 7 heteroatoms. The van der Waals surface area contributed by atoms with Crippen molar-refractivity contribution in [3.63, 3.8) is 0 Å². The summed E-state index contributed by atoms with van der Waals surface area (Å²) < 4.78 is 16.7. The molecule has 0 spiro atoms. The number of rotatable bonds is 6. The van der Waals surface area contributed by atoms with Crippen LogP contribution in [-0.2, 0) is 15.8 Å². The lowest BCUT2D eigenvalue weighted by Crippen LogP contribution is -2.18. The Kier molecular flexibility index (Phi) is 4.45. The summed E-state index contributed by atoms with van der Waals surface area (Å²) in [6, 6.07) is 13.1. The summed E-state index contributed by atoms with van der Waals surface area (Å²) in [5.74, 6) is -1.91. The first-order valence-corrected chi connectivity index (χ1v) is 9.31. The lowest BCUT2D eigenvalue weighted by atomic mass is 9.96. The molecule has 1 heterocycles. The van der Waals surface area contributed by atoms with Crippen molar-refractivity contribution >= 4 is 35.5 Å². The van der Waals surface area contributed by atoms with Crippen molar-refractivity contribution in [2.75, 3.05) is 6.16 Å². The van der Waals surface area contributed by atoms with Gasteiger partial charge in [-0.2, -0.15) is 0 Å². The van der Waals surface area contributed by atoms with E-state index in [1.807, 2.05) is 36.4 Å². The number of para-hydroxylation sites is 1. The number of carboxylic acid groups (broad SMARTS) is 1. The van der Waals surface area contributed by atoms with E-state index in [0.717, 1.165) is 21.9 Å². The molecular weight excluding hydrogens is 331 g/mol. The van der Waals surface area contributed by atoms with Gasteiger partial charge in [-0.1, -0.05) is 30.3 Å². The lowest BCUT2D eigenvalue weighted by molar-refractivity contribution is -0.141. The quantitative estimate of drug-likeness (QED) is 0.589. The zero-order valence-corrected chi connectivity index (χ0v) is 13.6. The summed E-state index contributed by atoms with van der Waals surface area (Å²) in [4.78, 5) is 29.2. The van der Waals surface area contributed by atoms with Gasteiger partial charge in [0.15, 0.2) is 0 Å². The fraction of sp³-hybridized carbons (Fsp3) is 0.235. The van der Waals surface area contributed by atoms with Crippen LogP contribution in [0.3, 0.4) is 0 Å². The number of benzene rings is 2. The highest BCUT2D eigenvalue weighted by Crippen LogP contribution is 2.37. The van der Waals surface area contributed by atoms with Crippen molar-refractivity contribution in [2.45, 2.75) is 12.8 Å². The standard InChI is InChI=1S/C17H17O6P/c18-17(19)12(7-8-24(20,21)22)9-11-5-6-14-13-3-1-2-4-15(13)23-16(14)10-11/h1-6,10,12H,7-9H2,(H,18,19)(H2,20,21,22). The molecule has 3 rings (SSSR count). The van der Waals surface area contributed by atoms with Crippen molar-refractivity contribution < 1.29 is 28.7 Å². The number of aliphatic carboxylic acids is 1. The van der Waals surface area contributed by atoms with Gasteiger partial charge in [0.05, 0.1) is 12.1 Å². The van der Waals surface area contributed by atoms with E-state index in [1.165, 1.54) is 0 Å². The highest BCUT2D eigenvalue weighted by atomic mass is 31.2. The Balaban J connectivity index is 1.86. The lowest BCUT2D eigenvalue weighted by Gasteiger charge is -2.13. The molecule has 126 valence electrons. The SMILES string of the molecule is O=C(O)C(CCP(=O)(O)O)Cc1ccc2c(c1)oc1ccccc12. The maximum Gasteiger partial charge on any atom is 0.325 e. The number of carboxylic acids is 1. The number of fused-ring (bicyclic) bond motifs is 3. The van der Waals surface area contributed by atoms with Gasteiger partial charge in [0.1, 0.15) is 11.2 Å². The largest absolute Gasteiger partial charge is 0.481 e. The minimum absolute atomic E-state index is 0.0716. The van der Waals surface area contributed by atoms with Crippen LogP contribution < -0.4 is 0 Å². The molecule has 3 aromatic rings. The molecule has 0 aliphatic carbocycles. The average molecular weight is 348 g/mol. The molecule has 0 saturated heterocycles. The molecule has 1 unspecified atom stereocenters. The molecule has 3 N–H and O–H groups in total. The molecule has 2 aromatic carbocycles. The van der Waals surface area contributed by atoms with Gasteiger partial charge in [-0.15, -0.1) is 0 Å². The van der Waals surface area contributed by atoms with Crippen LogP contribution in [0, 0.1) is 5.92 Å². The van der Waals surface area contributed by atoms with E-state index < -0.39 is 25.6 Å². The van der Waals surface area contributed by atoms with Gasteiger partial charge in [0, 0.05) is 10.8 Å². The fourth-order valence-corrected chi connectivity index (χ4v) is 3.47. The third kappa shape index (κ3) is 3.67. The van der Waals surface area contributed by atoms with Crippen LogP contribution in [0.15, 0.2) is 46.9 Å². The fourth-order valence-electron chi connectivity index (χ4n) is 2.82. The minimum atomic E-state index is -4.20. The van der Waals surface area contributed by atoms with Gasteiger partial charge in [-0.05, 0) is 30.5 Å². The predicted octanol–water partition coefficient (Wildman–Crippen LogP) is 3.40. The normalized spacial score (nSPS) is 13.4. The summed E-state index contributed by atoms with van der Waals surface area (Å²) >= 11 is 0. The molecule has 0 fully saturated rings. The highest BCUT2D eigenvalue weighted by molar-refractivity contribution is 7.51. The number of furan rings is 1. The molecular formula is C17H17O6P. The molecule has 6 nitrogen and oxygen atoms in total. The third-order valence-corrected chi connectivity index (χ3v) is 4.88. The van der Waals surface area contributed by atoms with E-state index in [-0.39, 0.29) is 12.8 Å². The monoisotopic (exact) mass is 348 g/mol. The van der Waals surface area contributed by atoms with Crippen LogP contribution in [0.1, 0.15) is 12.0 Å². The number of carbonyl (C=O) groups is 1. The van der Waals surface area contributed by atoms with Crippen LogP contribution in [0.4, 0.5) is 0 Å². The zero-order valence-electron chi connectivity index (χ0n) is 12.8. The maximum atomic E-state index is 11.3. The molecule has 0 saturated carbocycles. The van der Waals surface area contributed by atoms with Crippen LogP contribution in [0.25, 0.3) is 21.9 Å². The van der Waals surface area contributed by atoms with E-state index in [4.69, 9.17) is 14.2 Å². The van der Waals surface area contributed by atoms with E-state index in [0.29, 0.717) is 5.58 Å². The van der Waals surface area contributed by atoms with Crippen LogP contribution >= 0.6 is 7.60 Å². The second-order valence-electron chi connectivity index (χ2n) is 5.84. The van der Waals surface area contributed by atoms with Crippen molar-refractivity contribution in [2.24, 2.45) is 5.92 Å². The Bertz CT molecular complexity index is 939. The molecule has 1 aromatic heterocycles. The van der Waals surface area contributed by atoms with E-state index in [1.54, 1.807) is 6.07 Å². The summed E-state index contributed by atoms with van der Waals surface area (Å²) in [6.07, 6.45) is -0.309. The number of hydrogen-bond acceptors (Lipinski definition) is 3. The summed E-state index contributed by atoms with van der Waals surface area (Å²) in [6.45, 7) is 0. The van der Waals surface area contributed by atoms with Crippen molar-refractivity contribution in [1.82, 2.24) is 0 Å². The maximum absolute atomic E-state index is 11.3. The van der Waals surface area contributed by atoms with Gasteiger partial charge in [0.2, 0.25) is 0 Å². The molecule has 0 radical (unpaired) electrons. The Hall–Kier alpha value is -2.14. The predicted molar refractivity (Wildman–Crippen MR) is 90.1 cm³/mol. The molecule has 1 atom stereocenters. The first kappa shape index (κ1) is 16.7. The Labute approximate surface area is 137 Å². The van der Waals surface area contributed by atoms with E-state index in [2.05, 4.69) is 0 Å². The number of hydrogen-bond donors (Lipinski definition) is 3. The molecule has 24 heavy (non-hydrogen) atoms. The summed E-state index contributed by atoms with van der Waals surface area (Å²) in [5, 5.41) is 11.2. The van der Waals surface area contributed by atoms with Crippen molar-refractivity contribution in [1.29, 1.82) is 0 Å². The van der Waals surface area contributed by atoms with Gasteiger partial charge in [-0.25, -0.2) is 0 Å². The zero-order chi connectivity index (χ0) is 17.3. The van der Waals surface area contributed by atoms with Gasteiger partial charge in [-0.3, -0.25) is 9.36 Å². The molecule has 0 bridgehead atoms. The van der Waals surface area contributed by atoms with Gasteiger partial charge >= 0.3 is 13.6 Å². The molecule has 0 amide bonds. The second kappa shape index (κ2) is 6.40. The van der Waals surface area contributed by atoms with E-state index >= 15 is 0 Å². The summed E-state index contributed by atoms with van der Waals surface area (Å²) in [5.41, 5.74) is 2.20. The first-order valence-electron chi connectivity index (χ1n) is 7.51. The van der Waals surface area contributed by atoms with Crippen molar-refractivity contribution in [3.8, 4) is 0 Å². The van der Waals surface area contributed by atoms with Crippen LogP contribution in [-0.4, -0.2) is 27.0 Å².